The SMILES string of the molecule is CC(C)(C)OC(=O)N1CCN(c2ncc(-c3ccc(F)cc3F)cn2)CC1. The minimum atomic E-state index is -0.655. The van der Waals surface area contributed by atoms with Crippen LogP contribution in [0.4, 0.5) is 19.5 Å². The van der Waals surface area contributed by atoms with Crippen LogP contribution in [-0.2, 0) is 4.74 Å². The van der Waals surface area contributed by atoms with Crippen LogP contribution in [0.5, 0.6) is 0 Å². The number of anilines is 1. The second-order valence-electron chi connectivity index (χ2n) is 7.35. The molecule has 8 heteroatoms. The van der Waals surface area contributed by atoms with E-state index in [2.05, 4.69) is 9.97 Å². The largest absolute Gasteiger partial charge is 0.444 e. The zero-order valence-corrected chi connectivity index (χ0v) is 15.6. The summed E-state index contributed by atoms with van der Waals surface area (Å²) in [4.78, 5) is 24.3. The maximum atomic E-state index is 13.9. The summed E-state index contributed by atoms with van der Waals surface area (Å²) in [6.07, 6.45) is 2.70. The predicted molar refractivity (Wildman–Crippen MR) is 97.4 cm³/mol. The number of rotatable bonds is 2. The van der Waals surface area contributed by atoms with Crippen molar-refractivity contribution in [2.45, 2.75) is 26.4 Å². The number of hydrogen-bond donors (Lipinski definition) is 0. The summed E-state index contributed by atoms with van der Waals surface area (Å²) < 4.78 is 32.3. The molecule has 1 amide bonds. The molecule has 1 saturated heterocycles. The predicted octanol–water partition coefficient (Wildman–Crippen LogP) is 3.48. The Bertz CT molecular complexity index is 813. The van der Waals surface area contributed by atoms with E-state index in [0.717, 1.165) is 6.07 Å². The number of nitrogens with zero attached hydrogens (tertiary/aromatic N) is 4. The van der Waals surface area contributed by atoms with Crippen LogP contribution in [-0.4, -0.2) is 52.7 Å². The number of carbonyl (C=O) groups is 1. The lowest BCUT2D eigenvalue weighted by molar-refractivity contribution is 0.0240. The highest BCUT2D eigenvalue weighted by Gasteiger charge is 2.26. The molecule has 0 spiro atoms. The fraction of sp³-hybridized carbons (Fsp3) is 0.421. The van der Waals surface area contributed by atoms with Crippen LogP contribution in [0.15, 0.2) is 30.6 Å². The fourth-order valence-corrected chi connectivity index (χ4v) is 2.76. The summed E-state index contributed by atoms with van der Waals surface area (Å²) in [5, 5.41) is 0. The molecule has 0 unspecified atom stereocenters. The van der Waals surface area contributed by atoms with Crippen molar-refractivity contribution in [3.05, 3.63) is 42.2 Å². The molecule has 27 heavy (non-hydrogen) atoms. The second kappa shape index (κ2) is 7.46. The topological polar surface area (TPSA) is 58.6 Å². The molecule has 1 aromatic heterocycles. The second-order valence-corrected chi connectivity index (χ2v) is 7.35. The Morgan fingerprint density at radius 1 is 1.07 bits per heavy atom. The van der Waals surface area contributed by atoms with Crippen molar-refractivity contribution in [1.82, 2.24) is 14.9 Å². The van der Waals surface area contributed by atoms with Crippen LogP contribution in [0, 0.1) is 11.6 Å². The standard InChI is InChI=1S/C19H22F2N4O2/c1-19(2,3)27-18(26)25-8-6-24(7-9-25)17-22-11-13(12-23-17)15-5-4-14(20)10-16(15)21/h4-5,10-12H,6-9H2,1-3H3. The minimum absolute atomic E-state index is 0.248. The van der Waals surface area contributed by atoms with Crippen LogP contribution in [0.1, 0.15) is 20.8 Å². The van der Waals surface area contributed by atoms with Gasteiger partial charge in [0.05, 0.1) is 0 Å². The van der Waals surface area contributed by atoms with Crippen molar-refractivity contribution in [3.8, 4) is 11.1 Å². The number of carbonyl (C=O) groups excluding carboxylic acids is 1. The van der Waals surface area contributed by atoms with Crippen molar-refractivity contribution in [2.75, 3.05) is 31.1 Å². The number of ether oxygens (including phenoxy) is 1. The van der Waals surface area contributed by atoms with Gasteiger partial charge in [-0.15, -0.1) is 0 Å². The molecule has 0 bridgehead atoms. The first-order valence-corrected chi connectivity index (χ1v) is 8.73. The van der Waals surface area contributed by atoms with Crippen molar-refractivity contribution in [2.24, 2.45) is 0 Å². The molecule has 0 radical (unpaired) electrons. The van der Waals surface area contributed by atoms with Gasteiger partial charge in [-0.1, -0.05) is 0 Å². The lowest BCUT2D eigenvalue weighted by atomic mass is 10.1. The maximum absolute atomic E-state index is 13.9. The molecular weight excluding hydrogens is 354 g/mol. The zero-order valence-electron chi connectivity index (χ0n) is 15.6. The first-order valence-electron chi connectivity index (χ1n) is 8.73. The Labute approximate surface area is 156 Å². The Balaban J connectivity index is 1.63. The maximum Gasteiger partial charge on any atom is 0.410 e. The lowest BCUT2D eigenvalue weighted by Crippen LogP contribution is -2.50. The quantitative estimate of drug-likeness (QED) is 0.803. The van der Waals surface area contributed by atoms with Crippen LogP contribution < -0.4 is 4.90 Å². The zero-order chi connectivity index (χ0) is 19.6. The first-order chi connectivity index (χ1) is 12.7. The third kappa shape index (κ3) is 4.69. The number of hydrogen-bond acceptors (Lipinski definition) is 5. The summed E-state index contributed by atoms with van der Waals surface area (Å²) in [5.74, 6) is -0.779. The summed E-state index contributed by atoms with van der Waals surface area (Å²) in [6.45, 7) is 7.66. The number of aromatic nitrogens is 2. The molecular formula is C19H22F2N4O2. The van der Waals surface area contributed by atoms with Gasteiger partial charge in [0, 0.05) is 55.8 Å². The molecule has 0 aliphatic carbocycles. The van der Waals surface area contributed by atoms with Crippen molar-refractivity contribution in [3.63, 3.8) is 0 Å². The van der Waals surface area contributed by atoms with E-state index in [-0.39, 0.29) is 11.7 Å². The highest BCUT2D eigenvalue weighted by atomic mass is 19.1. The molecule has 6 nitrogen and oxygen atoms in total. The van der Waals surface area contributed by atoms with E-state index in [1.54, 1.807) is 4.90 Å². The molecule has 3 rings (SSSR count). The van der Waals surface area contributed by atoms with Gasteiger partial charge in [0.15, 0.2) is 0 Å². The fourth-order valence-electron chi connectivity index (χ4n) is 2.76. The van der Waals surface area contributed by atoms with E-state index in [9.17, 15) is 13.6 Å². The average molecular weight is 376 g/mol. The van der Waals surface area contributed by atoms with Crippen LogP contribution in [0.25, 0.3) is 11.1 Å². The third-order valence-corrected chi connectivity index (χ3v) is 4.09. The van der Waals surface area contributed by atoms with Crippen LogP contribution >= 0.6 is 0 Å². The van der Waals surface area contributed by atoms with Gasteiger partial charge in [-0.05, 0) is 32.9 Å². The summed E-state index contributed by atoms with van der Waals surface area (Å²) in [6, 6.07) is 3.39. The molecule has 0 atom stereocenters. The Hall–Kier alpha value is -2.77. The van der Waals surface area contributed by atoms with Crippen molar-refractivity contribution < 1.29 is 18.3 Å². The number of benzene rings is 1. The molecule has 0 N–H and O–H groups in total. The molecule has 0 saturated carbocycles. The summed E-state index contributed by atoms with van der Waals surface area (Å²) in [7, 11) is 0. The molecule has 2 aromatic rings. The summed E-state index contributed by atoms with van der Waals surface area (Å²) >= 11 is 0. The highest BCUT2D eigenvalue weighted by Crippen LogP contribution is 2.23. The van der Waals surface area contributed by atoms with Gasteiger partial charge >= 0.3 is 6.09 Å². The van der Waals surface area contributed by atoms with E-state index in [4.69, 9.17) is 4.74 Å². The highest BCUT2D eigenvalue weighted by molar-refractivity contribution is 5.68. The van der Waals surface area contributed by atoms with Crippen LogP contribution in [0.3, 0.4) is 0 Å². The first kappa shape index (κ1) is 19.0. The minimum Gasteiger partial charge on any atom is -0.444 e. The van der Waals surface area contributed by atoms with E-state index >= 15 is 0 Å². The Morgan fingerprint density at radius 3 is 2.26 bits per heavy atom. The molecule has 1 aromatic carbocycles. The molecule has 1 aliphatic rings. The van der Waals surface area contributed by atoms with Gasteiger partial charge in [0.1, 0.15) is 17.2 Å². The molecule has 1 fully saturated rings. The van der Waals surface area contributed by atoms with Gasteiger partial charge in [0.25, 0.3) is 0 Å². The normalized spacial score (nSPS) is 15.0. The van der Waals surface area contributed by atoms with Gasteiger partial charge in [-0.2, -0.15) is 0 Å². The van der Waals surface area contributed by atoms with E-state index < -0.39 is 17.2 Å². The molecule has 144 valence electrons. The third-order valence-electron chi connectivity index (χ3n) is 4.09. The molecule has 2 heterocycles. The van der Waals surface area contributed by atoms with E-state index in [1.165, 1.54) is 24.5 Å². The summed E-state index contributed by atoms with van der Waals surface area (Å²) in [5.41, 5.74) is 0.198. The number of amides is 1. The van der Waals surface area contributed by atoms with Crippen molar-refractivity contribution >= 4 is 12.0 Å². The van der Waals surface area contributed by atoms with Gasteiger partial charge in [-0.25, -0.2) is 23.5 Å². The smallest absolute Gasteiger partial charge is 0.410 e. The lowest BCUT2D eigenvalue weighted by Gasteiger charge is -2.35. The molecule has 1 aliphatic heterocycles. The van der Waals surface area contributed by atoms with E-state index in [0.29, 0.717) is 37.7 Å². The van der Waals surface area contributed by atoms with Crippen molar-refractivity contribution in [1.29, 1.82) is 0 Å². The van der Waals surface area contributed by atoms with Gasteiger partial charge in [0.2, 0.25) is 5.95 Å². The van der Waals surface area contributed by atoms with Gasteiger partial charge in [-0.3, -0.25) is 0 Å². The average Bonchev–Trinajstić information content (AvgIpc) is 2.61. The van der Waals surface area contributed by atoms with Gasteiger partial charge < -0.3 is 14.5 Å². The number of halogens is 2. The monoisotopic (exact) mass is 376 g/mol. The number of piperazine rings is 1. The Morgan fingerprint density at radius 2 is 1.70 bits per heavy atom. The van der Waals surface area contributed by atoms with Crippen LogP contribution in [0.2, 0.25) is 0 Å². The Kier molecular flexibility index (Phi) is 5.25. The van der Waals surface area contributed by atoms with E-state index in [1.807, 2.05) is 25.7 Å².